The summed E-state index contributed by atoms with van der Waals surface area (Å²) in [5, 5.41) is 0. The van der Waals surface area contributed by atoms with E-state index < -0.39 is 0 Å². The fourth-order valence-corrected chi connectivity index (χ4v) is 1.19. The zero-order chi connectivity index (χ0) is 9.19. The predicted octanol–water partition coefficient (Wildman–Crippen LogP) is 3.02. The first-order valence-corrected chi connectivity index (χ1v) is 4.48. The van der Waals surface area contributed by atoms with Gasteiger partial charge >= 0.3 is 0 Å². The van der Waals surface area contributed by atoms with Gasteiger partial charge in [-0.1, -0.05) is 18.3 Å². The lowest BCUT2D eigenvalue weighted by Crippen LogP contribution is -2.19. The average molecular weight is 182 g/mol. The lowest BCUT2D eigenvalue weighted by molar-refractivity contribution is 0.0601. The van der Waals surface area contributed by atoms with Crippen LogP contribution in [0.2, 0.25) is 0 Å². The van der Waals surface area contributed by atoms with Gasteiger partial charge in [0.15, 0.2) is 0 Å². The van der Waals surface area contributed by atoms with Crippen LogP contribution in [0.1, 0.15) is 27.2 Å². The maximum absolute atomic E-state index is 5.64. The molecule has 0 saturated heterocycles. The summed E-state index contributed by atoms with van der Waals surface area (Å²) >= 11 is 5.06. The average Bonchev–Trinajstić information content (AvgIpc) is 1.82. The third-order valence-corrected chi connectivity index (χ3v) is 1.61. The number of allylic oxidation sites excluding steroid dienone is 3. The summed E-state index contributed by atoms with van der Waals surface area (Å²) in [4.78, 5) is 0.941. The van der Waals surface area contributed by atoms with Gasteiger partial charge in [0.25, 0.3) is 0 Å². The van der Waals surface area contributed by atoms with Crippen LogP contribution in [0, 0.1) is 0 Å². The molecule has 66 valence electrons. The standard InChI is InChI=1S/C10H14OS/c1-10(2,3)11-8-5-4-6-9(12)7-8/h4-5,7H,6H2,1-3H3. The summed E-state index contributed by atoms with van der Waals surface area (Å²) in [6.07, 6.45) is 6.79. The first kappa shape index (κ1) is 9.46. The zero-order valence-electron chi connectivity index (χ0n) is 7.76. The molecule has 0 radical (unpaired) electrons. The van der Waals surface area contributed by atoms with Crippen molar-refractivity contribution in [3.8, 4) is 0 Å². The number of hydrogen-bond acceptors (Lipinski definition) is 2. The Bertz CT molecular complexity index is 243. The molecule has 0 aliphatic heterocycles. The SMILES string of the molecule is CC(C)(C)OC1=CC(=S)CC=C1. The highest BCUT2D eigenvalue weighted by Crippen LogP contribution is 2.17. The number of hydrogen-bond donors (Lipinski definition) is 0. The Morgan fingerprint density at radius 2 is 2.08 bits per heavy atom. The molecule has 1 nitrogen and oxygen atoms in total. The molecule has 0 aromatic heterocycles. The molecule has 0 aromatic carbocycles. The Morgan fingerprint density at radius 3 is 2.58 bits per heavy atom. The monoisotopic (exact) mass is 182 g/mol. The van der Waals surface area contributed by atoms with Crippen molar-refractivity contribution in [3.05, 3.63) is 24.0 Å². The van der Waals surface area contributed by atoms with Crippen LogP contribution in [-0.2, 0) is 4.74 Å². The molecule has 0 N–H and O–H groups in total. The highest BCUT2D eigenvalue weighted by molar-refractivity contribution is 7.80. The molecule has 0 fully saturated rings. The number of rotatable bonds is 1. The second kappa shape index (κ2) is 3.40. The van der Waals surface area contributed by atoms with Crippen LogP contribution < -0.4 is 0 Å². The van der Waals surface area contributed by atoms with E-state index in [0.29, 0.717) is 0 Å². The third-order valence-electron chi connectivity index (χ3n) is 1.33. The van der Waals surface area contributed by atoms with Crippen LogP contribution in [0.25, 0.3) is 0 Å². The summed E-state index contributed by atoms with van der Waals surface area (Å²) in [7, 11) is 0. The van der Waals surface area contributed by atoms with Crippen LogP contribution in [0.4, 0.5) is 0 Å². The Balaban J connectivity index is 2.64. The molecule has 0 atom stereocenters. The lowest BCUT2D eigenvalue weighted by Gasteiger charge is -2.23. The van der Waals surface area contributed by atoms with E-state index in [4.69, 9.17) is 17.0 Å². The van der Waals surface area contributed by atoms with Crippen LogP contribution in [0.15, 0.2) is 24.0 Å². The summed E-state index contributed by atoms with van der Waals surface area (Å²) in [5.41, 5.74) is -0.136. The Kier molecular flexibility index (Phi) is 2.68. The first-order valence-electron chi connectivity index (χ1n) is 4.07. The third kappa shape index (κ3) is 3.18. The quantitative estimate of drug-likeness (QED) is 0.576. The molecule has 0 spiro atoms. The van der Waals surface area contributed by atoms with E-state index in [2.05, 4.69) is 0 Å². The van der Waals surface area contributed by atoms with E-state index >= 15 is 0 Å². The molecule has 1 aliphatic rings. The Labute approximate surface area is 79.1 Å². The Hall–Kier alpha value is -0.630. The number of thiocarbonyl (C=S) groups is 1. The van der Waals surface area contributed by atoms with Gasteiger partial charge in [-0.15, -0.1) is 0 Å². The predicted molar refractivity (Wildman–Crippen MR) is 55.3 cm³/mol. The minimum Gasteiger partial charge on any atom is -0.488 e. The molecular formula is C10H14OS. The largest absolute Gasteiger partial charge is 0.488 e. The smallest absolute Gasteiger partial charge is 0.120 e. The lowest BCUT2D eigenvalue weighted by atomic mass is 10.1. The van der Waals surface area contributed by atoms with E-state index in [9.17, 15) is 0 Å². The second-order valence-corrected chi connectivity index (χ2v) is 4.36. The van der Waals surface area contributed by atoms with Gasteiger partial charge < -0.3 is 4.74 Å². The molecule has 0 unspecified atom stereocenters. The topological polar surface area (TPSA) is 9.23 Å². The van der Waals surface area contributed by atoms with Crippen LogP contribution >= 0.6 is 12.2 Å². The van der Waals surface area contributed by atoms with E-state index in [0.717, 1.165) is 17.0 Å². The second-order valence-electron chi connectivity index (χ2n) is 3.83. The van der Waals surface area contributed by atoms with Crippen molar-refractivity contribution < 1.29 is 4.74 Å². The molecule has 0 aromatic rings. The van der Waals surface area contributed by atoms with E-state index in [1.54, 1.807) is 0 Å². The van der Waals surface area contributed by atoms with Crippen molar-refractivity contribution in [1.29, 1.82) is 0 Å². The van der Waals surface area contributed by atoms with E-state index in [1.165, 1.54) is 0 Å². The molecule has 0 amide bonds. The fourth-order valence-electron chi connectivity index (χ4n) is 0.974. The minimum absolute atomic E-state index is 0.136. The van der Waals surface area contributed by atoms with Crippen molar-refractivity contribution in [2.75, 3.05) is 0 Å². The van der Waals surface area contributed by atoms with Gasteiger partial charge in [0, 0.05) is 11.3 Å². The van der Waals surface area contributed by atoms with Gasteiger partial charge in [-0.2, -0.15) is 0 Å². The molecule has 0 heterocycles. The van der Waals surface area contributed by atoms with Crippen molar-refractivity contribution in [1.82, 2.24) is 0 Å². The molecule has 12 heavy (non-hydrogen) atoms. The molecule has 2 heteroatoms. The molecular weight excluding hydrogens is 168 g/mol. The molecule has 0 bridgehead atoms. The summed E-state index contributed by atoms with van der Waals surface area (Å²) in [6.45, 7) is 6.08. The summed E-state index contributed by atoms with van der Waals surface area (Å²) in [6, 6.07) is 0. The van der Waals surface area contributed by atoms with Crippen LogP contribution in [0.5, 0.6) is 0 Å². The highest BCUT2D eigenvalue weighted by Gasteiger charge is 2.13. The molecule has 1 rings (SSSR count). The van der Waals surface area contributed by atoms with Crippen molar-refractivity contribution in [3.63, 3.8) is 0 Å². The van der Waals surface area contributed by atoms with Gasteiger partial charge in [0.1, 0.15) is 11.4 Å². The van der Waals surface area contributed by atoms with Gasteiger partial charge in [0.05, 0.1) is 0 Å². The number of ether oxygens (including phenoxy) is 1. The summed E-state index contributed by atoms with van der Waals surface area (Å²) in [5.74, 6) is 0.874. The Morgan fingerprint density at radius 1 is 1.42 bits per heavy atom. The van der Waals surface area contributed by atoms with Crippen molar-refractivity contribution in [2.24, 2.45) is 0 Å². The highest BCUT2D eigenvalue weighted by atomic mass is 32.1. The van der Waals surface area contributed by atoms with Gasteiger partial charge in [0.2, 0.25) is 0 Å². The van der Waals surface area contributed by atoms with Crippen LogP contribution in [0.3, 0.4) is 0 Å². The van der Waals surface area contributed by atoms with Crippen molar-refractivity contribution in [2.45, 2.75) is 32.8 Å². The van der Waals surface area contributed by atoms with E-state index in [-0.39, 0.29) is 5.60 Å². The van der Waals surface area contributed by atoms with Crippen molar-refractivity contribution >= 4 is 17.1 Å². The van der Waals surface area contributed by atoms with Crippen LogP contribution in [-0.4, -0.2) is 10.5 Å². The zero-order valence-corrected chi connectivity index (χ0v) is 8.57. The first-order chi connectivity index (χ1) is 5.47. The normalized spacial score (nSPS) is 17.6. The molecule has 1 aliphatic carbocycles. The van der Waals surface area contributed by atoms with Gasteiger partial charge in [-0.3, -0.25) is 0 Å². The maximum atomic E-state index is 5.64. The molecule has 0 saturated carbocycles. The summed E-state index contributed by atoms with van der Waals surface area (Å²) < 4.78 is 5.64. The van der Waals surface area contributed by atoms with Gasteiger partial charge in [-0.25, -0.2) is 0 Å². The van der Waals surface area contributed by atoms with E-state index in [1.807, 2.05) is 39.0 Å². The van der Waals surface area contributed by atoms with Gasteiger partial charge in [-0.05, 0) is 32.9 Å². The fraction of sp³-hybridized carbons (Fsp3) is 0.500. The minimum atomic E-state index is -0.136. The maximum Gasteiger partial charge on any atom is 0.120 e.